The van der Waals surface area contributed by atoms with Crippen LogP contribution in [0.5, 0.6) is 11.5 Å². The van der Waals surface area contributed by atoms with Crippen molar-refractivity contribution in [3.05, 3.63) is 319 Å². The Labute approximate surface area is 530 Å². The highest BCUT2D eigenvalue weighted by Gasteiger charge is 2.54. The van der Waals surface area contributed by atoms with Crippen molar-refractivity contribution in [3.8, 4) is 51.3 Å². The first kappa shape index (κ1) is 50.1. The Kier molecular flexibility index (Phi) is 9.90. The maximum atomic E-state index is 8.06. The molecule has 1 unspecified atom stereocenters. The molecule has 1 aliphatic carbocycles. The standard InChI is InChI=1S/C83H47N9O/c1-84-49-30-34-76-63(40-49)60-21-7-15-29-75(60)92(76)54-45-68-82(87-47-54)81-67(44-53(46-86-81)91-72-26-12-4-18-57(72)58-19-5-13-27-73(58)91)83(68)65-42-51(32-36-79(65)93-80-37-33-52(43-66(80)83)90-71-25-11-6-20-59(71)62-38-39-85-48-78(62)90)89-74-28-14-8-22-61(74)64-41-50(31-35-77(64)89)88-69-23-9-2-16-55(69)56-17-3-10-24-70(56)88/h2-48H. The summed E-state index contributed by atoms with van der Waals surface area (Å²) in [6.07, 6.45) is 7.89. The van der Waals surface area contributed by atoms with E-state index in [2.05, 4.69) is 276 Å². The van der Waals surface area contributed by atoms with E-state index < -0.39 is 5.41 Å². The molecule has 10 heteroatoms. The second kappa shape index (κ2) is 18.4. The minimum atomic E-state index is -1.14. The summed E-state index contributed by atoms with van der Waals surface area (Å²) in [6.45, 7) is 8.06. The first-order valence-electron chi connectivity index (χ1n) is 31.3. The molecule has 0 radical (unpaired) electrons. The molecule has 1 aliphatic heterocycles. The quantitative estimate of drug-likeness (QED) is 0.161. The van der Waals surface area contributed by atoms with Gasteiger partial charge in [0, 0.05) is 94.0 Å². The first-order chi connectivity index (χ1) is 46.1. The number of rotatable bonds is 5. The molecule has 1 spiro atoms. The van der Waals surface area contributed by atoms with E-state index in [1.54, 1.807) is 0 Å². The Morgan fingerprint density at radius 2 is 0.624 bits per heavy atom. The molecule has 93 heavy (non-hydrogen) atoms. The molecular formula is C83H47N9O. The molecule has 11 aromatic carbocycles. The Bertz CT molecular complexity index is 6420. The second-order valence-corrected chi connectivity index (χ2v) is 24.6. The van der Waals surface area contributed by atoms with Crippen molar-refractivity contribution in [1.82, 2.24) is 37.8 Å². The van der Waals surface area contributed by atoms with Gasteiger partial charge in [0.25, 0.3) is 0 Å². The van der Waals surface area contributed by atoms with Gasteiger partial charge in [0.15, 0.2) is 5.69 Å². The van der Waals surface area contributed by atoms with Crippen LogP contribution in [-0.2, 0) is 5.41 Å². The van der Waals surface area contributed by atoms with Crippen LogP contribution in [0.25, 0.3) is 154 Å². The van der Waals surface area contributed by atoms with Gasteiger partial charge in [0.05, 0.1) is 109 Å². The highest BCUT2D eigenvalue weighted by molar-refractivity contribution is 6.14. The van der Waals surface area contributed by atoms with Gasteiger partial charge in [-0.3, -0.25) is 15.0 Å². The average Bonchev–Trinajstić information content (AvgIpc) is 1.57. The monoisotopic (exact) mass is 1190 g/mol. The predicted octanol–water partition coefficient (Wildman–Crippen LogP) is 20.4. The predicted molar refractivity (Wildman–Crippen MR) is 375 cm³/mol. The van der Waals surface area contributed by atoms with Gasteiger partial charge >= 0.3 is 0 Å². The number of fused-ring (bicyclic) bond motifs is 24. The molecule has 0 saturated carbocycles. The van der Waals surface area contributed by atoms with Crippen LogP contribution in [0.15, 0.2) is 286 Å². The number of aromatic nitrogens is 8. The second-order valence-electron chi connectivity index (χ2n) is 24.6. The number of hydrogen-bond donors (Lipinski definition) is 0. The van der Waals surface area contributed by atoms with Gasteiger partial charge < -0.3 is 27.6 Å². The topological polar surface area (TPSA) is 76.9 Å². The Hall–Kier alpha value is -12.8. The average molecular weight is 1190 g/mol. The smallest absolute Gasteiger partial charge is 0.188 e. The van der Waals surface area contributed by atoms with Gasteiger partial charge in [-0.25, -0.2) is 4.85 Å². The van der Waals surface area contributed by atoms with Crippen molar-refractivity contribution in [2.24, 2.45) is 0 Å². The van der Waals surface area contributed by atoms with Crippen LogP contribution in [0.3, 0.4) is 0 Å². The Morgan fingerprint density at radius 3 is 1.06 bits per heavy atom. The van der Waals surface area contributed by atoms with Crippen molar-refractivity contribution >= 4 is 115 Å². The summed E-state index contributed by atoms with van der Waals surface area (Å²) in [4.78, 5) is 20.0. The molecule has 10 nitrogen and oxygen atoms in total. The Balaban J connectivity index is 0.884. The lowest BCUT2D eigenvalue weighted by Gasteiger charge is -2.39. The normalized spacial score (nSPS) is 14.1. The van der Waals surface area contributed by atoms with Crippen LogP contribution in [0.4, 0.5) is 5.69 Å². The molecule has 0 saturated heterocycles. The van der Waals surface area contributed by atoms with Gasteiger partial charge in [-0.15, -0.1) is 0 Å². The van der Waals surface area contributed by atoms with E-state index in [-0.39, 0.29) is 0 Å². The Morgan fingerprint density at radius 1 is 0.290 bits per heavy atom. The van der Waals surface area contributed by atoms with Gasteiger partial charge in [-0.2, -0.15) is 0 Å². The number of ether oxygens (including phenoxy) is 1. The van der Waals surface area contributed by atoms with Crippen molar-refractivity contribution < 1.29 is 4.74 Å². The highest BCUT2D eigenvalue weighted by Crippen LogP contribution is 2.63. The van der Waals surface area contributed by atoms with Crippen LogP contribution in [0.2, 0.25) is 0 Å². The summed E-state index contributed by atoms with van der Waals surface area (Å²) in [7, 11) is 0. The number of nitrogens with zero attached hydrogens (tertiary/aromatic N) is 9. The summed E-state index contributed by atoms with van der Waals surface area (Å²) in [5.74, 6) is 1.45. The minimum Gasteiger partial charge on any atom is -0.457 e. The van der Waals surface area contributed by atoms with E-state index in [1.165, 1.54) is 10.8 Å². The van der Waals surface area contributed by atoms with E-state index in [4.69, 9.17) is 26.3 Å². The fourth-order valence-electron chi connectivity index (χ4n) is 16.4. The van der Waals surface area contributed by atoms with Gasteiger partial charge in [-0.05, 0) is 133 Å². The van der Waals surface area contributed by atoms with E-state index in [1.807, 2.05) is 36.9 Å². The zero-order valence-corrected chi connectivity index (χ0v) is 49.6. The number of hydrogen-bond acceptors (Lipinski definition) is 4. The number of para-hydroxylation sites is 7. The van der Waals surface area contributed by atoms with Gasteiger partial charge in [-0.1, -0.05) is 133 Å². The van der Waals surface area contributed by atoms with Crippen LogP contribution in [0, 0.1) is 6.57 Å². The summed E-state index contributed by atoms with van der Waals surface area (Å²) in [5.41, 5.74) is 20.4. The first-order valence-corrected chi connectivity index (χ1v) is 31.3. The van der Waals surface area contributed by atoms with E-state index >= 15 is 0 Å². The highest BCUT2D eigenvalue weighted by atomic mass is 16.5. The molecule has 19 aromatic rings. The number of pyridine rings is 3. The molecular weight excluding hydrogens is 1140 g/mol. The van der Waals surface area contributed by atoms with E-state index in [0.29, 0.717) is 5.69 Å². The van der Waals surface area contributed by atoms with Crippen LogP contribution in [-0.4, -0.2) is 37.8 Å². The maximum absolute atomic E-state index is 8.06. The fourth-order valence-corrected chi connectivity index (χ4v) is 16.4. The largest absolute Gasteiger partial charge is 0.457 e. The summed E-state index contributed by atoms with van der Waals surface area (Å²) < 4.78 is 19.3. The summed E-state index contributed by atoms with van der Waals surface area (Å²) in [5, 5.41) is 11.4. The van der Waals surface area contributed by atoms with Crippen LogP contribution in [0.1, 0.15) is 22.3 Å². The lowest BCUT2D eigenvalue weighted by atomic mass is 9.66. The molecule has 21 rings (SSSR count). The number of benzene rings is 11. The molecule has 0 bridgehead atoms. The minimum absolute atomic E-state index is 0.588. The van der Waals surface area contributed by atoms with Crippen LogP contribution >= 0.6 is 0 Å². The third-order valence-electron chi connectivity index (χ3n) is 20.1. The molecule has 1 atom stereocenters. The molecule has 430 valence electrons. The summed E-state index contributed by atoms with van der Waals surface area (Å²) in [6, 6.07) is 93.9. The van der Waals surface area contributed by atoms with Crippen molar-refractivity contribution in [1.29, 1.82) is 0 Å². The lowest BCUT2D eigenvalue weighted by molar-refractivity contribution is 0.436. The van der Waals surface area contributed by atoms with Gasteiger partial charge in [0.2, 0.25) is 0 Å². The molecule has 9 heterocycles. The fraction of sp³-hybridized carbons (Fsp3) is 0.0120. The van der Waals surface area contributed by atoms with E-state index in [0.717, 1.165) is 172 Å². The molecule has 0 N–H and O–H groups in total. The zero-order chi connectivity index (χ0) is 60.8. The lowest BCUT2D eigenvalue weighted by Crippen LogP contribution is -2.33. The van der Waals surface area contributed by atoms with Crippen molar-refractivity contribution in [3.63, 3.8) is 0 Å². The summed E-state index contributed by atoms with van der Waals surface area (Å²) >= 11 is 0. The molecule has 0 amide bonds. The molecule has 8 aromatic heterocycles. The van der Waals surface area contributed by atoms with E-state index in [9.17, 15) is 0 Å². The van der Waals surface area contributed by atoms with Crippen molar-refractivity contribution in [2.45, 2.75) is 5.41 Å². The SMILES string of the molecule is [C-]#[N+]c1ccc2c(c1)c1ccccc1n2-c1cnc2c(c1)C1(c3cc(-n4c5ccccc5c5cc(-n6c7ccccc7c7ccccc76)ccc54)ccc3Oc3ccc(-n4c5ccccc5c5ccncc54)cc31)c1cc(-n3c4ccccc4c4ccccc43)cnc1-2. The maximum Gasteiger partial charge on any atom is 0.188 e. The molecule has 2 aliphatic rings. The third-order valence-corrected chi connectivity index (χ3v) is 20.1. The molecule has 0 fully saturated rings. The third kappa shape index (κ3) is 6.60. The van der Waals surface area contributed by atoms with Gasteiger partial charge in [0.1, 0.15) is 11.5 Å². The van der Waals surface area contributed by atoms with Crippen molar-refractivity contribution in [2.75, 3.05) is 0 Å². The van der Waals surface area contributed by atoms with Crippen LogP contribution < -0.4 is 4.74 Å². The zero-order valence-electron chi connectivity index (χ0n) is 49.6.